The van der Waals surface area contributed by atoms with Gasteiger partial charge in [-0.15, -0.1) is 0 Å². The van der Waals surface area contributed by atoms with Gasteiger partial charge in [-0.05, 0) is 0 Å². The summed E-state index contributed by atoms with van der Waals surface area (Å²) in [6.07, 6.45) is 0. The van der Waals surface area contributed by atoms with Crippen LogP contribution in [0.1, 0.15) is 0 Å². The Balaban J connectivity index is 0. The molecule has 0 rings (SSSR count). The molecule has 10 heteroatoms. The number of aliphatic carboxylic acids is 1. The third kappa shape index (κ3) is 11.7. The summed E-state index contributed by atoms with van der Waals surface area (Å²) in [4.78, 5) is 22.8. The van der Waals surface area contributed by atoms with Crippen LogP contribution in [0.3, 0.4) is 0 Å². The van der Waals surface area contributed by atoms with E-state index in [1.807, 2.05) is 0 Å². The zero-order valence-electron chi connectivity index (χ0n) is 11.1. The molecule has 110 valence electrons. The van der Waals surface area contributed by atoms with E-state index < -0.39 is 11.9 Å². The number of carbonyl (C=O) groups excluding carboxylic acids is 1. The molecular formula is C9H20N6O4. The SMILES string of the molecule is CN(CC(=O)O)C(=N)N.COC(=O)CN(C)C(=N)N. The van der Waals surface area contributed by atoms with Crippen LogP contribution in [0.4, 0.5) is 0 Å². The van der Waals surface area contributed by atoms with Crippen molar-refractivity contribution in [2.45, 2.75) is 0 Å². The topological polar surface area (TPSA) is 170 Å². The maximum absolute atomic E-state index is 10.5. The molecule has 0 fully saturated rings. The summed E-state index contributed by atoms with van der Waals surface area (Å²) in [7, 11) is 4.27. The minimum atomic E-state index is -0.993. The van der Waals surface area contributed by atoms with Gasteiger partial charge in [-0.25, -0.2) is 0 Å². The Morgan fingerprint density at radius 2 is 1.47 bits per heavy atom. The molecule has 0 aromatic carbocycles. The highest BCUT2D eigenvalue weighted by atomic mass is 16.5. The van der Waals surface area contributed by atoms with E-state index in [9.17, 15) is 9.59 Å². The second-order valence-corrected chi connectivity index (χ2v) is 3.45. The van der Waals surface area contributed by atoms with Crippen molar-refractivity contribution in [1.29, 1.82) is 10.8 Å². The lowest BCUT2D eigenvalue weighted by atomic mass is 10.6. The maximum atomic E-state index is 10.5. The molecular weight excluding hydrogens is 256 g/mol. The Morgan fingerprint density at radius 1 is 1.11 bits per heavy atom. The number of carboxylic acid groups (broad SMARTS) is 1. The zero-order valence-corrected chi connectivity index (χ0v) is 11.1. The molecule has 19 heavy (non-hydrogen) atoms. The van der Waals surface area contributed by atoms with Crippen molar-refractivity contribution >= 4 is 23.9 Å². The molecule has 0 aromatic rings. The first-order valence-electron chi connectivity index (χ1n) is 5.00. The number of rotatable bonds is 4. The number of ether oxygens (including phenoxy) is 1. The Bertz CT molecular complexity index is 346. The molecule has 0 heterocycles. The third-order valence-corrected chi connectivity index (χ3v) is 1.79. The lowest BCUT2D eigenvalue weighted by molar-refractivity contribution is -0.141. The van der Waals surface area contributed by atoms with Gasteiger partial charge in [-0.1, -0.05) is 0 Å². The molecule has 0 amide bonds. The Kier molecular flexibility index (Phi) is 9.42. The first-order chi connectivity index (χ1) is 8.61. The molecule has 0 aliphatic carbocycles. The average Bonchev–Trinajstić information content (AvgIpc) is 2.28. The summed E-state index contributed by atoms with van der Waals surface area (Å²) in [5, 5.41) is 21.7. The highest BCUT2D eigenvalue weighted by Gasteiger charge is 2.05. The lowest BCUT2D eigenvalue weighted by Gasteiger charge is -2.13. The highest BCUT2D eigenvalue weighted by Crippen LogP contribution is 1.81. The van der Waals surface area contributed by atoms with E-state index in [-0.39, 0.29) is 25.0 Å². The summed E-state index contributed by atoms with van der Waals surface area (Å²) in [6.45, 7) is -0.207. The molecule has 0 spiro atoms. The number of methoxy groups -OCH3 is 1. The van der Waals surface area contributed by atoms with Gasteiger partial charge in [0.1, 0.15) is 13.1 Å². The van der Waals surface area contributed by atoms with E-state index in [2.05, 4.69) is 4.74 Å². The molecule has 0 aromatic heterocycles. The van der Waals surface area contributed by atoms with Crippen LogP contribution in [-0.2, 0) is 14.3 Å². The molecule has 0 atom stereocenters. The molecule has 0 radical (unpaired) electrons. The van der Waals surface area contributed by atoms with Crippen LogP contribution >= 0.6 is 0 Å². The number of hydrogen-bond donors (Lipinski definition) is 5. The predicted octanol–water partition coefficient (Wildman–Crippen LogP) is -2.12. The number of guanidine groups is 2. The lowest BCUT2D eigenvalue weighted by Crippen LogP contribution is -2.37. The van der Waals surface area contributed by atoms with Crippen LogP contribution in [0, 0.1) is 10.8 Å². The third-order valence-electron chi connectivity index (χ3n) is 1.79. The van der Waals surface area contributed by atoms with Crippen molar-refractivity contribution < 1.29 is 19.4 Å². The second kappa shape index (κ2) is 9.50. The van der Waals surface area contributed by atoms with Gasteiger partial charge in [0.15, 0.2) is 11.9 Å². The highest BCUT2D eigenvalue weighted by molar-refractivity contribution is 5.81. The Labute approximate surface area is 110 Å². The zero-order chi connectivity index (χ0) is 15.6. The normalized spacial score (nSPS) is 8.58. The summed E-state index contributed by atoms with van der Waals surface area (Å²) in [6, 6.07) is 0. The Morgan fingerprint density at radius 3 is 1.68 bits per heavy atom. The molecule has 0 aliphatic rings. The monoisotopic (exact) mass is 276 g/mol. The second-order valence-electron chi connectivity index (χ2n) is 3.45. The van der Waals surface area contributed by atoms with Crippen molar-refractivity contribution in [3.8, 4) is 0 Å². The minimum Gasteiger partial charge on any atom is -0.480 e. The predicted molar refractivity (Wildman–Crippen MR) is 68.7 cm³/mol. The number of carbonyl (C=O) groups is 2. The first kappa shape index (κ1) is 18.8. The van der Waals surface area contributed by atoms with Gasteiger partial charge in [-0.3, -0.25) is 20.4 Å². The summed E-state index contributed by atoms with van der Waals surface area (Å²) in [5.74, 6) is -1.78. The first-order valence-corrected chi connectivity index (χ1v) is 5.00. The summed E-state index contributed by atoms with van der Waals surface area (Å²) in [5.41, 5.74) is 9.97. The standard InChI is InChI=1S/C5H11N3O2.C4H9N3O2/c1-8(5(6)7)3-4(9)10-2;1-7(4(5)6)2-3(8)9/h3H2,1-2H3,(H3,6,7);2H2,1H3,(H3,5,6)(H,8,9). The molecule has 0 unspecified atom stereocenters. The molecule has 10 nitrogen and oxygen atoms in total. The molecule has 0 aliphatic heterocycles. The fraction of sp³-hybridized carbons (Fsp3) is 0.556. The van der Waals surface area contributed by atoms with Crippen molar-refractivity contribution in [3.63, 3.8) is 0 Å². The van der Waals surface area contributed by atoms with Gasteiger partial charge in [0, 0.05) is 14.1 Å². The molecule has 0 bridgehead atoms. The fourth-order valence-corrected chi connectivity index (χ4v) is 0.631. The summed E-state index contributed by atoms with van der Waals surface area (Å²) >= 11 is 0. The van der Waals surface area contributed by atoms with E-state index in [1.165, 1.54) is 19.1 Å². The van der Waals surface area contributed by atoms with Crippen LogP contribution in [0.5, 0.6) is 0 Å². The largest absolute Gasteiger partial charge is 0.480 e. The van der Waals surface area contributed by atoms with Crippen LogP contribution in [0.15, 0.2) is 0 Å². The van der Waals surface area contributed by atoms with Crippen LogP contribution in [0.25, 0.3) is 0 Å². The van der Waals surface area contributed by atoms with Gasteiger partial charge >= 0.3 is 11.9 Å². The van der Waals surface area contributed by atoms with Crippen molar-refractivity contribution in [3.05, 3.63) is 0 Å². The van der Waals surface area contributed by atoms with E-state index in [0.717, 1.165) is 4.90 Å². The number of nitrogens with two attached hydrogens (primary N) is 2. The van der Waals surface area contributed by atoms with E-state index >= 15 is 0 Å². The quantitative estimate of drug-likeness (QED) is 0.220. The smallest absolute Gasteiger partial charge is 0.325 e. The van der Waals surface area contributed by atoms with Crippen molar-refractivity contribution in [1.82, 2.24) is 9.80 Å². The number of carboxylic acids is 1. The van der Waals surface area contributed by atoms with Crippen LogP contribution in [0.2, 0.25) is 0 Å². The number of likely N-dealkylation sites (N-methyl/N-ethyl adjacent to an activating group) is 2. The number of nitrogens with one attached hydrogen (secondary N) is 2. The average molecular weight is 276 g/mol. The Hall–Kier alpha value is -2.52. The maximum Gasteiger partial charge on any atom is 0.325 e. The van der Waals surface area contributed by atoms with Crippen LogP contribution in [-0.4, -0.2) is 73.1 Å². The van der Waals surface area contributed by atoms with Gasteiger partial charge in [0.25, 0.3) is 0 Å². The summed E-state index contributed by atoms with van der Waals surface area (Å²) < 4.78 is 4.34. The van der Waals surface area contributed by atoms with Gasteiger partial charge in [0.2, 0.25) is 0 Å². The molecule has 7 N–H and O–H groups in total. The molecule has 0 saturated heterocycles. The van der Waals surface area contributed by atoms with Crippen molar-refractivity contribution in [2.75, 3.05) is 34.3 Å². The van der Waals surface area contributed by atoms with Gasteiger partial charge < -0.3 is 31.1 Å². The number of esters is 1. The minimum absolute atomic E-state index is 0.0197. The van der Waals surface area contributed by atoms with Crippen molar-refractivity contribution in [2.24, 2.45) is 11.5 Å². The number of nitrogens with zero attached hydrogens (tertiary/aromatic N) is 2. The van der Waals surface area contributed by atoms with E-state index in [0.29, 0.717) is 0 Å². The fourth-order valence-electron chi connectivity index (χ4n) is 0.631. The van der Waals surface area contributed by atoms with E-state index in [1.54, 1.807) is 7.05 Å². The van der Waals surface area contributed by atoms with E-state index in [4.69, 9.17) is 27.4 Å². The number of hydrogen-bond acceptors (Lipinski definition) is 5. The van der Waals surface area contributed by atoms with Gasteiger partial charge in [-0.2, -0.15) is 0 Å². The molecule has 0 saturated carbocycles. The van der Waals surface area contributed by atoms with Crippen LogP contribution < -0.4 is 11.5 Å². The van der Waals surface area contributed by atoms with Gasteiger partial charge in [0.05, 0.1) is 7.11 Å².